The van der Waals surface area contributed by atoms with Crippen molar-refractivity contribution in [2.45, 2.75) is 35.5 Å². The molecule has 32 heavy (non-hydrogen) atoms. The van der Waals surface area contributed by atoms with Crippen LogP contribution in [0.4, 0.5) is 5.95 Å². The molecule has 1 aliphatic carbocycles. The number of piperidine rings is 1. The van der Waals surface area contributed by atoms with E-state index in [2.05, 4.69) is 36.4 Å². The van der Waals surface area contributed by atoms with Gasteiger partial charge in [0.1, 0.15) is 7.85 Å². The largest absolute Gasteiger partial charge is 0.342 e. The van der Waals surface area contributed by atoms with Crippen LogP contribution in [0, 0.1) is 5.41 Å². The molecule has 2 aliphatic rings. The maximum absolute atomic E-state index is 6.32. The summed E-state index contributed by atoms with van der Waals surface area (Å²) in [7, 11) is 5.84. The number of pyridine rings is 2. The van der Waals surface area contributed by atoms with Gasteiger partial charge in [-0.25, -0.2) is 9.97 Å². The fraction of sp³-hybridized carbons (Fsp3) is 0.304. The molecule has 1 spiro atoms. The highest BCUT2D eigenvalue weighted by Gasteiger charge is 2.41. The Bertz CT molecular complexity index is 1290. The van der Waals surface area contributed by atoms with Crippen LogP contribution in [0.1, 0.15) is 24.1 Å². The van der Waals surface area contributed by atoms with Crippen molar-refractivity contribution in [2.24, 2.45) is 5.41 Å². The highest BCUT2D eigenvalue weighted by molar-refractivity contribution is 7.99. The minimum absolute atomic E-state index is 0.342. The van der Waals surface area contributed by atoms with Crippen molar-refractivity contribution in [3.05, 3.63) is 65.5 Å². The van der Waals surface area contributed by atoms with Gasteiger partial charge < -0.3 is 4.90 Å². The van der Waals surface area contributed by atoms with E-state index < -0.39 is 0 Å². The molecule has 5 heterocycles. The van der Waals surface area contributed by atoms with Crippen LogP contribution in [-0.4, -0.2) is 45.3 Å². The Morgan fingerprint density at radius 1 is 1.00 bits per heavy atom. The number of nitrogens with zero attached hydrogens (tertiary/aromatic N) is 6. The Labute approximate surface area is 196 Å². The zero-order valence-electron chi connectivity index (χ0n) is 17.4. The predicted octanol–water partition coefficient (Wildman–Crippen LogP) is 3.50. The minimum Gasteiger partial charge on any atom is -0.342 e. The average Bonchev–Trinajstić information content (AvgIpc) is 3.42. The van der Waals surface area contributed by atoms with Crippen LogP contribution in [-0.2, 0) is 12.8 Å². The summed E-state index contributed by atoms with van der Waals surface area (Å²) >= 11 is 7.82. The van der Waals surface area contributed by atoms with E-state index in [4.69, 9.17) is 24.4 Å². The Morgan fingerprint density at radius 3 is 2.72 bits per heavy atom. The fourth-order valence-corrected chi connectivity index (χ4v) is 6.10. The zero-order valence-corrected chi connectivity index (χ0v) is 19.0. The van der Waals surface area contributed by atoms with Gasteiger partial charge in [0, 0.05) is 54.7 Å². The van der Waals surface area contributed by atoms with Crippen molar-refractivity contribution < 1.29 is 0 Å². The summed E-state index contributed by atoms with van der Waals surface area (Å²) in [5.74, 6) is 0.936. The maximum atomic E-state index is 6.32. The van der Waals surface area contributed by atoms with E-state index in [1.54, 1.807) is 12.3 Å². The van der Waals surface area contributed by atoms with Crippen LogP contribution in [0.3, 0.4) is 0 Å². The maximum Gasteiger partial charge on any atom is 0.211 e. The van der Waals surface area contributed by atoms with E-state index in [1.807, 2.05) is 24.8 Å². The van der Waals surface area contributed by atoms with Gasteiger partial charge in [0.2, 0.25) is 5.95 Å². The first-order valence-corrected chi connectivity index (χ1v) is 11.9. The Hall–Kier alpha value is -2.58. The molecule has 1 fully saturated rings. The lowest BCUT2D eigenvalue weighted by atomic mass is 9.76. The van der Waals surface area contributed by atoms with Gasteiger partial charge in [-0.3, -0.25) is 14.4 Å². The highest BCUT2D eigenvalue weighted by atomic mass is 35.5. The number of anilines is 1. The quantitative estimate of drug-likeness (QED) is 0.438. The lowest BCUT2D eigenvalue weighted by Gasteiger charge is -2.39. The van der Waals surface area contributed by atoms with Gasteiger partial charge in [-0.1, -0.05) is 29.4 Å². The van der Waals surface area contributed by atoms with E-state index in [1.165, 1.54) is 23.0 Å². The first-order chi connectivity index (χ1) is 15.6. The standard InChI is InChI=1S/C23H20BClN6S/c24-20-10-18(16(25)13-28-20)32-19-14-29-22(31-9-6-27-21(19)31)30-7-3-23(4-8-30)11-15-2-1-5-26-17(15)12-23/h1-2,5-6,9-10,13-14H,3-4,7-8,11-12H2. The third-order valence-electron chi connectivity index (χ3n) is 6.63. The lowest BCUT2D eigenvalue weighted by Crippen LogP contribution is -2.41. The molecule has 0 saturated carbocycles. The third kappa shape index (κ3) is 3.46. The fourth-order valence-electron chi connectivity index (χ4n) is 4.97. The van der Waals surface area contributed by atoms with Crippen LogP contribution in [0.2, 0.25) is 5.02 Å². The van der Waals surface area contributed by atoms with E-state index in [-0.39, 0.29) is 0 Å². The normalized spacial score (nSPS) is 17.2. The molecule has 4 aromatic rings. The molecule has 0 atom stereocenters. The van der Waals surface area contributed by atoms with Gasteiger partial charge in [0.15, 0.2) is 5.65 Å². The van der Waals surface area contributed by atoms with Gasteiger partial charge >= 0.3 is 0 Å². The van der Waals surface area contributed by atoms with Gasteiger partial charge in [0.25, 0.3) is 0 Å². The lowest BCUT2D eigenvalue weighted by molar-refractivity contribution is 0.230. The van der Waals surface area contributed by atoms with Crippen molar-refractivity contribution in [1.29, 1.82) is 0 Å². The van der Waals surface area contributed by atoms with Gasteiger partial charge in [-0.05, 0) is 54.4 Å². The molecule has 0 unspecified atom stereocenters. The monoisotopic (exact) mass is 458 g/mol. The zero-order chi connectivity index (χ0) is 21.7. The Balaban J connectivity index is 1.24. The van der Waals surface area contributed by atoms with Gasteiger partial charge in [-0.2, -0.15) is 0 Å². The summed E-state index contributed by atoms with van der Waals surface area (Å²) < 4.78 is 2.07. The van der Waals surface area contributed by atoms with Crippen LogP contribution < -0.4 is 10.5 Å². The topological polar surface area (TPSA) is 59.2 Å². The molecule has 2 radical (unpaired) electrons. The van der Waals surface area contributed by atoms with Crippen LogP contribution in [0.25, 0.3) is 5.65 Å². The van der Waals surface area contributed by atoms with Crippen LogP contribution >= 0.6 is 23.4 Å². The molecule has 9 heteroatoms. The summed E-state index contributed by atoms with van der Waals surface area (Å²) in [6.45, 7) is 1.96. The molecular formula is C23H20BClN6S. The average molecular weight is 459 g/mol. The first-order valence-electron chi connectivity index (χ1n) is 10.7. The molecule has 1 saturated heterocycles. The molecule has 0 amide bonds. The van der Waals surface area contributed by atoms with Crippen molar-refractivity contribution in [2.75, 3.05) is 18.0 Å². The number of aromatic nitrogens is 5. The van der Waals surface area contributed by atoms with E-state index in [0.717, 1.165) is 60.2 Å². The number of hydrogen-bond acceptors (Lipinski definition) is 6. The summed E-state index contributed by atoms with van der Waals surface area (Å²) in [4.78, 5) is 22.2. The van der Waals surface area contributed by atoms with Crippen LogP contribution in [0.15, 0.2) is 59.0 Å². The predicted molar refractivity (Wildman–Crippen MR) is 127 cm³/mol. The molecule has 0 bridgehead atoms. The molecule has 4 aromatic heterocycles. The van der Waals surface area contributed by atoms with Crippen molar-refractivity contribution in [3.63, 3.8) is 0 Å². The van der Waals surface area contributed by atoms with Crippen molar-refractivity contribution in [3.8, 4) is 0 Å². The summed E-state index contributed by atoms with van der Waals surface area (Å²) in [6.07, 6.45) is 13.7. The summed E-state index contributed by atoms with van der Waals surface area (Å²) in [5.41, 5.74) is 4.35. The second-order valence-electron chi connectivity index (χ2n) is 8.63. The second kappa shape index (κ2) is 7.78. The highest BCUT2D eigenvalue weighted by Crippen LogP contribution is 2.44. The van der Waals surface area contributed by atoms with Crippen molar-refractivity contribution in [1.82, 2.24) is 24.3 Å². The number of fused-ring (bicyclic) bond motifs is 2. The third-order valence-corrected chi connectivity index (χ3v) is 8.11. The minimum atomic E-state index is 0.342. The molecular weight excluding hydrogens is 439 g/mol. The van der Waals surface area contributed by atoms with E-state index in [9.17, 15) is 0 Å². The van der Waals surface area contributed by atoms with E-state index in [0.29, 0.717) is 16.0 Å². The molecule has 0 N–H and O–H groups in total. The van der Waals surface area contributed by atoms with E-state index >= 15 is 0 Å². The molecule has 6 nitrogen and oxygen atoms in total. The Kier molecular flexibility index (Phi) is 4.88. The molecule has 0 aromatic carbocycles. The molecule has 158 valence electrons. The summed E-state index contributed by atoms with van der Waals surface area (Å²) in [6, 6.07) is 6.07. The first kappa shape index (κ1) is 20.1. The second-order valence-corrected chi connectivity index (χ2v) is 10.1. The Morgan fingerprint density at radius 2 is 1.88 bits per heavy atom. The van der Waals surface area contributed by atoms with Gasteiger partial charge in [0.05, 0.1) is 9.92 Å². The van der Waals surface area contributed by atoms with Gasteiger partial charge in [-0.15, -0.1) is 0 Å². The number of imidazole rings is 1. The summed E-state index contributed by atoms with van der Waals surface area (Å²) in [5, 5.41) is 0.561. The SMILES string of the molecule is [B]c1cc(Sc2cnc(N3CCC4(CC3)Cc3cccnc3C4)n3ccnc23)c(Cl)cn1. The van der Waals surface area contributed by atoms with Crippen LogP contribution in [0.5, 0.6) is 0 Å². The van der Waals surface area contributed by atoms with Crippen molar-refractivity contribution >= 4 is 48.4 Å². The molecule has 6 rings (SSSR count). The molecule has 1 aliphatic heterocycles. The smallest absolute Gasteiger partial charge is 0.211 e. The number of hydrogen-bond donors (Lipinski definition) is 0. The number of rotatable bonds is 3. The number of halogens is 1.